The van der Waals surface area contributed by atoms with Gasteiger partial charge in [0.1, 0.15) is 5.82 Å². The predicted octanol–water partition coefficient (Wildman–Crippen LogP) is 1.35. The molecule has 8 heteroatoms. The fourth-order valence-corrected chi connectivity index (χ4v) is 2.81. The van der Waals surface area contributed by atoms with Crippen molar-refractivity contribution in [3.8, 4) is 11.4 Å². The highest BCUT2D eigenvalue weighted by atomic mass is 32.2. The number of nitrogens with two attached hydrogens (primary N) is 2. The van der Waals surface area contributed by atoms with Gasteiger partial charge in [-0.15, -0.1) is 11.8 Å². The van der Waals surface area contributed by atoms with Gasteiger partial charge in [-0.3, -0.25) is 5.10 Å². The fraction of sp³-hybridized carbons (Fsp3) is 0.462. The van der Waals surface area contributed by atoms with Crippen molar-refractivity contribution >= 4 is 23.5 Å². The molecule has 0 saturated carbocycles. The third-order valence-electron chi connectivity index (χ3n) is 3.24. The second kappa shape index (κ2) is 7.28. The van der Waals surface area contributed by atoms with E-state index in [4.69, 9.17) is 5.73 Å². The highest BCUT2D eigenvalue weighted by molar-refractivity contribution is 7.98. The Labute approximate surface area is 128 Å². The topological polar surface area (TPSA) is 110 Å². The molecule has 0 amide bonds. The molecule has 2 aromatic heterocycles. The van der Waals surface area contributed by atoms with Crippen LogP contribution in [-0.4, -0.2) is 46.6 Å². The van der Waals surface area contributed by atoms with Gasteiger partial charge in [0.05, 0.1) is 22.5 Å². The lowest BCUT2D eigenvalue weighted by atomic mass is 10.3. The molecule has 0 bridgehead atoms. The first-order valence-corrected chi connectivity index (χ1v) is 8.05. The van der Waals surface area contributed by atoms with Crippen molar-refractivity contribution in [3.05, 3.63) is 12.3 Å². The maximum Gasteiger partial charge on any atom is 0.222 e. The number of nitrogens with one attached hydrogen (secondary N) is 1. The number of anilines is 2. The SMILES string of the molecule is CN.CSc1cn[nH]c1-c1cc(N2CCCC2)nc(N)n1. The molecule has 114 valence electrons. The van der Waals surface area contributed by atoms with Gasteiger partial charge in [-0.2, -0.15) is 10.1 Å². The van der Waals surface area contributed by atoms with E-state index in [0.717, 1.165) is 35.2 Å². The second-order valence-corrected chi connectivity index (χ2v) is 5.33. The summed E-state index contributed by atoms with van der Waals surface area (Å²) >= 11 is 1.63. The summed E-state index contributed by atoms with van der Waals surface area (Å²) in [5.41, 5.74) is 12.0. The smallest absolute Gasteiger partial charge is 0.222 e. The van der Waals surface area contributed by atoms with E-state index in [2.05, 4.69) is 30.8 Å². The summed E-state index contributed by atoms with van der Waals surface area (Å²) in [4.78, 5) is 12.0. The van der Waals surface area contributed by atoms with Crippen LogP contribution in [-0.2, 0) is 0 Å². The molecule has 0 atom stereocenters. The van der Waals surface area contributed by atoms with Crippen molar-refractivity contribution < 1.29 is 0 Å². The Morgan fingerprint density at radius 3 is 2.62 bits per heavy atom. The maximum atomic E-state index is 5.83. The highest BCUT2D eigenvalue weighted by Gasteiger charge is 2.17. The number of rotatable bonds is 3. The Balaban J connectivity index is 0.000000774. The Bertz CT molecular complexity index is 578. The molecule has 1 fully saturated rings. The summed E-state index contributed by atoms with van der Waals surface area (Å²) in [5.74, 6) is 1.21. The van der Waals surface area contributed by atoms with Gasteiger partial charge in [0.25, 0.3) is 0 Å². The first-order chi connectivity index (χ1) is 10.3. The zero-order chi connectivity index (χ0) is 15.2. The van der Waals surface area contributed by atoms with Crippen LogP contribution >= 0.6 is 11.8 Å². The number of aromatic amines is 1. The molecule has 0 unspecified atom stereocenters. The van der Waals surface area contributed by atoms with Crippen molar-refractivity contribution in [3.63, 3.8) is 0 Å². The molecular formula is C13H21N7S. The van der Waals surface area contributed by atoms with Crippen LogP contribution in [0.15, 0.2) is 17.2 Å². The van der Waals surface area contributed by atoms with Crippen molar-refractivity contribution in [2.45, 2.75) is 17.7 Å². The minimum atomic E-state index is 0.307. The van der Waals surface area contributed by atoms with Gasteiger partial charge >= 0.3 is 0 Å². The molecular weight excluding hydrogens is 286 g/mol. The Hall–Kier alpha value is -1.80. The first-order valence-electron chi connectivity index (χ1n) is 6.83. The molecule has 2 aromatic rings. The molecule has 5 N–H and O–H groups in total. The molecule has 0 aliphatic carbocycles. The average Bonchev–Trinajstić information content (AvgIpc) is 3.20. The van der Waals surface area contributed by atoms with Crippen molar-refractivity contribution in [2.75, 3.05) is 37.0 Å². The maximum absolute atomic E-state index is 5.83. The zero-order valence-corrected chi connectivity index (χ0v) is 13.2. The summed E-state index contributed by atoms with van der Waals surface area (Å²) in [6.45, 7) is 2.07. The number of hydrogen-bond donors (Lipinski definition) is 3. The van der Waals surface area contributed by atoms with E-state index in [0.29, 0.717) is 5.95 Å². The number of thioether (sulfide) groups is 1. The summed E-state index contributed by atoms with van der Waals surface area (Å²) in [6.07, 6.45) is 6.23. The second-order valence-electron chi connectivity index (χ2n) is 4.48. The summed E-state index contributed by atoms with van der Waals surface area (Å²) in [5, 5.41) is 7.05. The van der Waals surface area contributed by atoms with E-state index < -0.39 is 0 Å². The largest absolute Gasteiger partial charge is 0.368 e. The van der Waals surface area contributed by atoms with Crippen molar-refractivity contribution in [2.24, 2.45) is 5.73 Å². The number of H-pyrrole nitrogens is 1. The van der Waals surface area contributed by atoms with Gasteiger partial charge in [-0.05, 0) is 26.1 Å². The molecule has 1 saturated heterocycles. The van der Waals surface area contributed by atoms with E-state index in [-0.39, 0.29) is 0 Å². The van der Waals surface area contributed by atoms with E-state index in [1.807, 2.05) is 12.3 Å². The third-order valence-corrected chi connectivity index (χ3v) is 3.99. The van der Waals surface area contributed by atoms with E-state index in [1.165, 1.54) is 19.9 Å². The normalized spacial score (nSPS) is 14.0. The molecule has 7 nitrogen and oxygen atoms in total. The lowest BCUT2D eigenvalue weighted by Gasteiger charge is -2.17. The van der Waals surface area contributed by atoms with Gasteiger partial charge in [0.2, 0.25) is 5.95 Å². The predicted molar refractivity (Wildman–Crippen MR) is 87.4 cm³/mol. The minimum Gasteiger partial charge on any atom is -0.368 e. The summed E-state index contributed by atoms with van der Waals surface area (Å²) < 4.78 is 0. The molecule has 1 aliphatic rings. The minimum absolute atomic E-state index is 0.307. The number of nitrogen functional groups attached to an aromatic ring is 1. The van der Waals surface area contributed by atoms with Crippen LogP contribution in [0, 0.1) is 0 Å². The molecule has 3 rings (SSSR count). The van der Waals surface area contributed by atoms with Crippen LogP contribution < -0.4 is 16.4 Å². The van der Waals surface area contributed by atoms with E-state index in [9.17, 15) is 0 Å². The lowest BCUT2D eigenvalue weighted by Crippen LogP contribution is -2.19. The number of aromatic nitrogens is 4. The highest BCUT2D eigenvalue weighted by Crippen LogP contribution is 2.29. The summed E-state index contributed by atoms with van der Waals surface area (Å²) in [7, 11) is 1.50. The monoisotopic (exact) mass is 307 g/mol. The van der Waals surface area contributed by atoms with E-state index >= 15 is 0 Å². The molecule has 0 aromatic carbocycles. The zero-order valence-electron chi connectivity index (χ0n) is 12.3. The Morgan fingerprint density at radius 1 is 1.24 bits per heavy atom. The van der Waals surface area contributed by atoms with Crippen LogP contribution in [0.2, 0.25) is 0 Å². The van der Waals surface area contributed by atoms with Crippen LogP contribution in [0.5, 0.6) is 0 Å². The number of nitrogens with zero attached hydrogens (tertiary/aromatic N) is 4. The molecule has 21 heavy (non-hydrogen) atoms. The fourth-order valence-electron chi connectivity index (χ4n) is 2.30. The third kappa shape index (κ3) is 3.45. The molecule has 1 aliphatic heterocycles. The Morgan fingerprint density at radius 2 is 1.95 bits per heavy atom. The van der Waals surface area contributed by atoms with Crippen molar-refractivity contribution in [1.82, 2.24) is 20.2 Å². The first kappa shape index (κ1) is 15.6. The lowest BCUT2D eigenvalue weighted by molar-refractivity contribution is 0.930. The van der Waals surface area contributed by atoms with Gasteiger partial charge in [0.15, 0.2) is 0 Å². The van der Waals surface area contributed by atoms with Crippen LogP contribution in [0.1, 0.15) is 12.8 Å². The van der Waals surface area contributed by atoms with Crippen molar-refractivity contribution in [1.29, 1.82) is 0 Å². The average molecular weight is 307 g/mol. The van der Waals surface area contributed by atoms with Crippen LogP contribution in [0.25, 0.3) is 11.4 Å². The number of hydrogen-bond acceptors (Lipinski definition) is 7. The summed E-state index contributed by atoms with van der Waals surface area (Å²) in [6, 6.07) is 1.98. The van der Waals surface area contributed by atoms with Crippen LogP contribution in [0.4, 0.5) is 11.8 Å². The quantitative estimate of drug-likeness (QED) is 0.734. The van der Waals surface area contributed by atoms with Gasteiger partial charge in [-0.25, -0.2) is 4.98 Å². The van der Waals surface area contributed by atoms with Gasteiger partial charge in [0, 0.05) is 19.2 Å². The van der Waals surface area contributed by atoms with Gasteiger partial charge < -0.3 is 16.4 Å². The van der Waals surface area contributed by atoms with Gasteiger partial charge in [-0.1, -0.05) is 0 Å². The molecule has 3 heterocycles. The molecule has 0 spiro atoms. The van der Waals surface area contributed by atoms with E-state index in [1.54, 1.807) is 18.0 Å². The van der Waals surface area contributed by atoms with Crippen LogP contribution in [0.3, 0.4) is 0 Å². The molecule has 0 radical (unpaired) electrons. The Kier molecular flexibility index (Phi) is 5.40. The standard InChI is InChI=1S/C12H16N6S.CH5N/c1-19-9-7-14-17-11(9)8-6-10(16-12(13)15-8)18-4-2-3-5-18;1-2/h6-7H,2-5H2,1H3,(H,14,17)(H2,13,15,16);2H2,1H3.